The van der Waals surface area contributed by atoms with E-state index in [1.54, 1.807) is 6.92 Å². The third kappa shape index (κ3) is 3.17. The van der Waals surface area contributed by atoms with Crippen LogP contribution in [0.1, 0.15) is 30.6 Å². The van der Waals surface area contributed by atoms with E-state index in [9.17, 15) is 9.18 Å². The van der Waals surface area contributed by atoms with Gasteiger partial charge in [0, 0.05) is 5.56 Å². The molecule has 0 saturated heterocycles. The van der Waals surface area contributed by atoms with Crippen LogP contribution in [0.4, 0.5) is 4.39 Å². The lowest BCUT2D eigenvalue weighted by molar-refractivity contribution is 0.0926. The van der Waals surface area contributed by atoms with Crippen molar-refractivity contribution in [1.29, 1.82) is 0 Å². The Balaban J connectivity index is 2.95. The number of carbonyl (C=O) groups excluding carboxylic acids is 1. The largest absolute Gasteiger partial charge is 0.391 e. The third-order valence-electron chi connectivity index (χ3n) is 2.82. The van der Waals surface area contributed by atoms with Gasteiger partial charge in [-0.25, -0.2) is 4.39 Å². The molecule has 1 unspecified atom stereocenters. The summed E-state index contributed by atoms with van der Waals surface area (Å²) in [5.74, 6) is -1.08. The van der Waals surface area contributed by atoms with E-state index in [2.05, 4.69) is 5.32 Å². The van der Waals surface area contributed by atoms with Crippen LogP contribution in [-0.2, 0) is 0 Å². The Hall–Kier alpha value is -1.20. The van der Waals surface area contributed by atoms with Crippen molar-refractivity contribution < 1.29 is 9.18 Å². The molecule has 1 amide bonds. The minimum absolute atomic E-state index is 0.0286. The number of hydrogen-bond acceptors (Lipinski definition) is 2. The maximum absolute atomic E-state index is 13.3. The van der Waals surface area contributed by atoms with Crippen LogP contribution in [0, 0.1) is 5.82 Å². The second kappa shape index (κ2) is 5.63. The van der Waals surface area contributed by atoms with E-state index in [4.69, 9.17) is 29.6 Å². The third-order valence-corrected chi connectivity index (χ3v) is 3.58. The molecule has 18 heavy (non-hydrogen) atoms. The average molecular weight is 289 g/mol. The van der Waals surface area contributed by atoms with E-state index in [-0.39, 0.29) is 15.6 Å². The lowest BCUT2D eigenvalue weighted by atomic mass is 9.98. The molecule has 3 N–H and O–H groups in total. The molecule has 6 heteroatoms. The van der Waals surface area contributed by atoms with Crippen molar-refractivity contribution in [3.05, 3.63) is 34.6 Å². The highest BCUT2D eigenvalue weighted by molar-refractivity contribution is 7.80. The van der Waals surface area contributed by atoms with Gasteiger partial charge in [-0.3, -0.25) is 4.79 Å². The Morgan fingerprint density at radius 2 is 2.22 bits per heavy atom. The topological polar surface area (TPSA) is 55.1 Å². The maximum atomic E-state index is 13.3. The van der Waals surface area contributed by atoms with Crippen molar-refractivity contribution >= 4 is 34.7 Å². The molecule has 0 aliphatic carbocycles. The monoisotopic (exact) mass is 288 g/mol. The molecule has 1 atom stereocenters. The van der Waals surface area contributed by atoms with Gasteiger partial charge < -0.3 is 11.1 Å². The smallest absolute Gasteiger partial charge is 0.252 e. The molecule has 0 aromatic heterocycles. The molecule has 0 saturated carbocycles. The Labute approximate surface area is 115 Å². The van der Waals surface area contributed by atoms with Crippen molar-refractivity contribution in [3.8, 4) is 0 Å². The normalized spacial score (nSPS) is 13.8. The SMILES string of the molecule is CCC(C)(NC(=O)c1ccc(Cl)c(F)c1)C(N)=S. The van der Waals surface area contributed by atoms with Crippen molar-refractivity contribution in [3.63, 3.8) is 0 Å². The summed E-state index contributed by atoms with van der Waals surface area (Å²) in [4.78, 5) is 12.1. The molecule has 1 aromatic carbocycles. The second-order valence-electron chi connectivity index (χ2n) is 4.13. The molecule has 0 radical (unpaired) electrons. The molecule has 1 rings (SSSR count). The molecule has 98 valence electrons. The number of halogens is 2. The number of nitrogens with two attached hydrogens (primary N) is 1. The van der Waals surface area contributed by atoms with Crippen molar-refractivity contribution in [2.45, 2.75) is 25.8 Å². The Morgan fingerprint density at radius 3 is 2.67 bits per heavy atom. The fraction of sp³-hybridized carbons (Fsp3) is 0.333. The molecule has 0 bridgehead atoms. The Bertz CT molecular complexity index is 495. The van der Waals surface area contributed by atoms with Crippen molar-refractivity contribution in [2.24, 2.45) is 5.73 Å². The molecule has 0 aliphatic rings. The lowest BCUT2D eigenvalue weighted by Crippen LogP contribution is -2.54. The highest BCUT2D eigenvalue weighted by Crippen LogP contribution is 2.17. The Morgan fingerprint density at radius 1 is 1.61 bits per heavy atom. The molecule has 1 aromatic rings. The number of hydrogen-bond donors (Lipinski definition) is 2. The fourth-order valence-corrected chi connectivity index (χ4v) is 1.60. The molecule has 0 aliphatic heterocycles. The number of amides is 1. The summed E-state index contributed by atoms with van der Waals surface area (Å²) >= 11 is 10.5. The summed E-state index contributed by atoms with van der Waals surface area (Å²) in [6.45, 7) is 3.57. The van der Waals surface area contributed by atoms with Gasteiger partial charge in [-0.05, 0) is 31.5 Å². The van der Waals surface area contributed by atoms with Crippen LogP contribution < -0.4 is 11.1 Å². The summed E-state index contributed by atoms with van der Waals surface area (Å²) in [6, 6.07) is 3.85. The molecule has 0 spiro atoms. The van der Waals surface area contributed by atoms with Gasteiger partial charge in [-0.1, -0.05) is 30.7 Å². The first-order valence-electron chi connectivity index (χ1n) is 5.37. The number of carbonyl (C=O) groups is 1. The van der Waals surface area contributed by atoms with Crippen molar-refractivity contribution in [1.82, 2.24) is 5.32 Å². The molecule has 0 fully saturated rings. The summed E-state index contributed by atoms with van der Waals surface area (Å²) < 4.78 is 13.3. The minimum atomic E-state index is -0.789. The molecule has 0 heterocycles. The lowest BCUT2D eigenvalue weighted by Gasteiger charge is -2.28. The van der Waals surface area contributed by atoms with Crippen molar-refractivity contribution in [2.75, 3.05) is 0 Å². The molecular formula is C12H14ClFN2OS. The summed E-state index contributed by atoms with van der Waals surface area (Å²) in [5.41, 5.74) is 4.97. The first-order valence-corrected chi connectivity index (χ1v) is 6.16. The van der Waals surface area contributed by atoms with Crippen LogP contribution in [0.15, 0.2) is 18.2 Å². The minimum Gasteiger partial charge on any atom is -0.391 e. The Kier molecular flexibility index (Phi) is 4.65. The zero-order chi connectivity index (χ0) is 13.9. The van der Waals surface area contributed by atoms with Gasteiger partial charge in [0.2, 0.25) is 0 Å². The van der Waals surface area contributed by atoms with Crippen LogP contribution in [0.5, 0.6) is 0 Å². The maximum Gasteiger partial charge on any atom is 0.252 e. The predicted octanol–water partition coefficient (Wildman–Crippen LogP) is 2.66. The van der Waals surface area contributed by atoms with Crippen LogP contribution in [0.3, 0.4) is 0 Å². The van der Waals surface area contributed by atoms with E-state index in [1.807, 2.05) is 6.92 Å². The summed E-state index contributed by atoms with van der Waals surface area (Å²) in [6.07, 6.45) is 0.546. The van der Waals surface area contributed by atoms with E-state index in [0.717, 1.165) is 6.07 Å². The van der Waals surface area contributed by atoms with Crippen LogP contribution in [0.25, 0.3) is 0 Å². The molecule has 3 nitrogen and oxygen atoms in total. The van der Waals surface area contributed by atoms with E-state index < -0.39 is 17.3 Å². The highest BCUT2D eigenvalue weighted by Gasteiger charge is 2.28. The predicted molar refractivity (Wildman–Crippen MR) is 74.4 cm³/mol. The van der Waals surface area contributed by atoms with Gasteiger partial charge in [0.05, 0.1) is 15.6 Å². The first-order chi connectivity index (χ1) is 8.30. The zero-order valence-corrected chi connectivity index (χ0v) is 11.7. The summed E-state index contributed by atoms with van der Waals surface area (Å²) in [7, 11) is 0. The highest BCUT2D eigenvalue weighted by atomic mass is 35.5. The van der Waals surface area contributed by atoms with Crippen LogP contribution >= 0.6 is 23.8 Å². The van der Waals surface area contributed by atoms with Crippen LogP contribution in [0.2, 0.25) is 5.02 Å². The number of thiocarbonyl (C=S) groups is 1. The number of nitrogens with one attached hydrogen (secondary N) is 1. The van der Waals surface area contributed by atoms with Gasteiger partial charge in [-0.15, -0.1) is 0 Å². The fourth-order valence-electron chi connectivity index (χ4n) is 1.28. The van der Waals surface area contributed by atoms with Crippen LogP contribution in [-0.4, -0.2) is 16.4 Å². The van der Waals surface area contributed by atoms with Gasteiger partial charge in [-0.2, -0.15) is 0 Å². The standard InChI is InChI=1S/C12H14ClFN2OS/c1-3-12(2,11(15)18)16-10(17)7-4-5-8(13)9(14)6-7/h4-6H,3H2,1-2H3,(H2,15,18)(H,16,17). The number of benzene rings is 1. The van der Waals surface area contributed by atoms with E-state index in [0.29, 0.717) is 6.42 Å². The van der Waals surface area contributed by atoms with Gasteiger partial charge in [0.25, 0.3) is 5.91 Å². The zero-order valence-electron chi connectivity index (χ0n) is 10.1. The van der Waals surface area contributed by atoms with E-state index >= 15 is 0 Å². The summed E-state index contributed by atoms with van der Waals surface area (Å²) in [5, 5.41) is 2.66. The second-order valence-corrected chi connectivity index (χ2v) is 4.98. The van der Waals surface area contributed by atoms with Gasteiger partial charge in [0.15, 0.2) is 0 Å². The van der Waals surface area contributed by atoms with E-state index in [1.165, 1.54) is 12.1 Å². The van der Waals surface area contributed by atoms with Gasteiger partial charge in [0.1, 0.15) is 5.82 Å². The molecular weight excluding hydrogens is 275 g/mol. The average Bonchev–Trinajstić information content (AvgIpc) is 2.32. The number of rotatable bonds is 4. The quantitative estimate of drug-likeness (QED) is 0.838. The van der Waals surface area contributed by atoms with Gasteiger partial charge >= 0.3 is 0 Å². The first kappa shape index (κ1) is 14.9.